The Kier molecular flexibility index (Phi) is 3.83. The number of nitriles is 1. The van der Waals surface area contributed by atoms with E-state index in [2.05, 4.69) is 21.3 Å². The zero-order chi connectivity index (χ0) is 16.4. The Labute approximate surface area is 140 Å². The highest BCUT2D eigenvalue weighted by Crippen LogP contribution is 2.34. The van der Waals surface area contributed by atoms with E-state index in [1.807, 2.05) is 30.3 Å². The molecule has 1 N–H and O–H groups in total. The van der Waals surface area contributed by atoms with Crippen molar-refractivity contribution < 1.29 is 9.47 Å². The van der Waals surface area contributed by atoms with Gasteiger partial charge in [0.05, 0.1) is 0 Å². The van der Waals surface area contributed by atoms with Crippen LogP contribution in [0.15, 0.2) is 36.4 Å². The zero-order valence-corrected chi connectivity index (χ0v) is 13.2. The molecule has 0 saturated carbocycles. The van der Waals surface area contributed by atoms with E-state index >= 15 is 0 Å². The third kappa shape index (κ3) is 2.93. The number of benzene rings is 1. The average Bonchev–Trinajstić information content (AvgIpc) is 3.10. The molecule has 2 aliphatic rings. The molecule has 24 heavy (non-hydrogen) atoms. The summed E-state index contributed by atoms with van der Waals surface area (Å²) >= 11 is 0. The monoisotopic (exact) mass is 322 g/mol. The van der Waals surface area contributed by atoms with Crippen molar-refractivity contribution in [1.82, 2.24) is 4.98 Å². The van der Waals surface area contributed by atoms with Gasteiger partial charge in [-0.05, 0) is 37.1 Å². The van der Waals surface area contributed by atoms with Gasteiger partial charge in [0.15, 0.2) is 11.5 Å². The van der Waals surface area contributed by atoms with Crippen LogP contribution in [-0.2, 0) is 0 Å². The first-order valence-corrected chi connectivity index (χ1v) is 8.10. The Bertz CT molecular complexity index is 787. The van der Waals surface area contributed by atoms with Crippen LogP contribution in [0.1, 0.15) is 18.5 Å². The van der Waals surface area contributed by atoms with E-state index < -0.39 is 0 Å². The summed E-state index contributed by atoms with van der Waals surface area (Å²) in [6, 6.07) is 13.9. The van der Waals surface area contributed by atoms with Gasteiger partial charge in [0, 0.05) is 30.9 Å². The second-order valence-corrected chi connectivity index (χ2v) is 5.99. The molecule has 1 saturated heterocycles. The Balaban J connectivity index is 1.46. The second-order valence-electron chi connectivity index (χ2n) is 5.99. The summed E-state index contributed by atoms with van der Waals surface area (Å²) in [5, 5.41) is 12.6. The molecule has 6 nitrogen and oxygen atoms in total. The number of ether oxygens (including phenoxy) is 2. The summed E-state index contributed by atoms with van der Waals surface area (Å²) < 4.78 is 10.8. The number of hydrogen-bond donors (Lipinski definition) is 1. The van der Waals surface area contributed by atoms with Gasteiger partial charge in [-0.25, -0.2) is 4.98 Å². The van der Waals surface area contributed by atoms with Crippen molar-refractivity contribution in [2.24, 2.45) is 0 Å². The topological polar surface area (TPSA) is 70.4 Å². The molecule has 122 valence electrons. The van der Waals surface area contributed by atoms with Gasteiger partial charge in [-0.1, -0.05) is 6.07 Å². The summed E-state index contributed by atoms with van der Waals surface area (Å²) in [4.78, 5) is 6.64. The number of aromatic nitrogens is 1. The Hall–Kier alpha value is -2.94. The molecule has 0 aliphatic carbocycles. The number of pyridine rings is 1. The highest BCUT2D eigenvalue weighted by Gasteiger charge is 2.22. The van der Waals surface area contributed by atoms with Crippen LogP contribution in [0, 0.1) is 11.3 Å². The van der Waals surface area contributed by atoms with Gasteiger partial charge in [0.1, 0.15) is 17.6 Å². The minimum Gasteiger partial charge on any atom is -0.454 e. The van der Waals surface area contributed by atoms with Crippen LogP contribution in [0.2, 0.25) is 0 Å². The predicted molar refractivity (Wildman–Crippen MR) is 90.4 cm³/mol. The van der Waals surface area contributed by atoms with Gasteiger partial charge in [0.2, 0.25) is 6.79 Å². The summed E-state index contributed by atoms with van der Waals surface area (Å²) in [5.74, 6) is 2.45. The molecule has 0 spiro atoms. The van der Waals surface area contributed by atoms with E-state index in [9.17, 15) is 0 Å². The lowest BCUT2D eigenvalue weighted by molar-refractivity contribution is 0.174. The smallest absolute Gasteiger partial charge is 0.231 e. The molecule has 4 rings (SSSR count). The van der Waals surface area contributed by atoms with Crippen molar-refractivity contribution in [2.45, 2.75) is 18.9 Å². The molecular formula is C18H18N4O2. The van der Waals surface area contributed by atoms with Crippen LogP contribution in [0.4, 0.5) is 11.5 Å². The number of anilines is 2. The van der Waals surface area contributed by atoms with Crippen molar-refractivity contribution in [3.63, 3.8) is 0 Å². The fourth-order valence-electron chi connectivity index (χ4n) is 3.19. The van der Waals surface area contributed by atoms with Gasteiger partial charge < -0.3 is 19.7 Å². The number of nitrogens with one attached hydrogen (secondary N) is 1. The van der Waals surface area contributed by atoms with Crippen LogP contribution in [0.5, 0.6) is 11.5 Å². The molecule has 1 aromatic heterocycles. The van der Waals surface area contributed by atoms with Gasteiger partial charge in [0.25, 0.3) is 0 Å². The Morgan fingerprint density at radius 3 is 3.04 bits per heavy atom. The van der Waals surface area contributed by atoms with Crippen LogP contribution in [-0.4, -0.2) is 30.9 Å². The molecule has 2 aliphatic heterocycles. The predicted octanol–water partition coefficient (Wildman–Crippen LogP) is 2.76. The third-order valence-corrected chi connectivity index (χ3v) is 4.34. The van der Waals surface area contributed by atoms with Crippen molar-refractivity contribution in [2.75, 3.05) is 30.1 Å². The van der Waals surface area contributed by atoms with Crippen molar-refractivity contribution in [3.05, 3.63) is 42.1 Å². The first-order valence-electron chi connectivity index (χ1n) is 8.10. The van der Waals surface area contributed by atoms with E-state index in [0.717, 1.165) is 48.9 Å². The van der Waals surface area contributed by atoms with Gasteiger partial charge in [-0.15, -0.1) is 0 Å². The SMILES string of the molecule is N#Cc1cccc(N2CCC[C@@H](Nc3ccc4c(c3)OCO4)C2)n1. The first kappa shape index (κ1) is 14.6. The normalized spacial score (nSPS) is 19.0. The van der Waals surface area contributed by atoms with Crippen molar-refractivity contribution >= 4 is 11.5 Å². The molecule has 1 aromatic carbocycles. The molecule has 0 amide bonds. The largest absolute Gasteiger partial charge is 0.454 e. The highest BCUT2D eigenvalue weighted by molar-refractivity contribution is 5.56. The van der Waals surface area contributed by atoms with Crippen LogP contribution >= 0.6 is 0 Å². The maximum atomic E-state index is 9.02. The fraction of sp³-hybridized carbons (Fsp3) is 0.333. The average molecular weight is 322 g/mol. The molecule has 0 bridgehead atoms. The van der Waals surface area contributed by atoms with Gasteiger partial charge in [-0.2, -0.15) is 5.26 Å². The maximum absolute atomic E-state index is 9.02. The lowest BCUT2D eigenvalue weighted by Gasteiger charge is -2.34. The van der Waals surface area contributed by atoms with Crippen molar-refractivity contribution in [1.29, 1.82) is 5.26 Å². The number of rotatable bonds is 3. The molecule has 0 radical (unpaired) electrons. The Morgan fingerprint density at radius 1 is 1.21 bits per heavy atom. The van der Waals surface area contributed by atoms with E-state index in [-0.39, 0.29) is 6.79 Å². The van der Waals surface area contributed by atoms with E-state index in [0.29, 0.717) is 11.7 Å². The van der Waals surface area contributed by atoms with Crippen LogP contribution < -0.4 is 19.7 Å². The minimum atomic E-state index is 0.289. The molecule has 1 fully saturated rings. The van der Waals surface area contributed by atoms with Crippen LogP contribution in [0.25, 0.3) is 0 Å². The van der Waals surface area contributed by atoms with Crippen LogP contribution in [0.3, 0.4) is 0 Å². The number of fused-ring (bicyclic) bond motifs is 1. The summed E-state index contributed by atoms with van der Waals surface area (Å²) in [6.07, 6.45) is 2.18. The maximum Gasteiger partial charge on any atom is 0.231 e. The van der Waals surface area contributed by atoms with Gasteiger partial charge >= 0.3 is 0 Å². The highest BCUT2D eigenvalue weighted by atomic mass is 16.7. The summed E-state index contributed by atoms with van der Waals surface area (Å²) in [5.41, 5.74) is 1.49. The van der Waals surface area contributed by atoms with E-state index in [1.54, 1.807) is 6.07 Å². The summed E-state index contributed by atoms with van der Waals surface area (Å²) in [6.45, 7) is 2.11. The standard InChI is InChI=1S/C18H18N4O2/c19-10-14-3-1-5-18(21-14)22-8-2-4-15(11-22)20-13-6-7-16-17(9-13)24-12-23-16/h1,3,5-7,9,15,20H,2,4,8,11-12H2/t15-/m1/s1. The molecule has 2 aromatic rings. The van der Waals surface area contributed by atoms with E-state index in [1.165, 1.54) is 0 Å². The number of nitrogens with zero attached hydrogens (tertiary/aromatic N) is 3. The molecule has 6 heteroatoms. The fourth-order valence-corrected chi connectivity index (χ4v) is 3.19. The zero-order valence-electron chi connectivity index (χ0n) is 13.2. The lowest BCUT2D eigenvalue weighted by atomic mass is 10.1. The molecule has 1 atom stereocenters. The minimum absolute atomic E-state index is 0.289. The lowest BCUT2D eigenvalue weighted by Crippen LogP contribution is -2.42. The van der Waals surface area contributed by atoms with E-state index in [4.69, 9.17) is 14.7 Å². The number of hydrogen-bond acceptors (Lipinski definition) is 6. The second kappa shape index (κ2) is 6.28. The number of piperidine rings is 1. The molecular weight excluding hydrogens is 304 g/mol. The molecule has 0 unspecified atom stereocenters. The first-order chi connectivity index (χ1) is 11.8. The summed E-state index contributed by atoms with van der Waals surface area (Å²) in [7, 11) is 0. The molecule has 3 heterocycles. The van der Waals surface area contributed by atoms with Gasteiger partial charge in [-0.3, -0.25) is 0 Å². The van der Waals surface area contributed by atoms with Crippen molar-refractivity contribution in [3.8, 4) is 17.6 Å². The quantitative estimate of drug-likeness (QED) is 0.937. The Morgan fingerprint density at radius 2 is 2.12 bits per heavy atom. The third-order valence-electron chi connectivity index (χ3n) is 4.34.